The molecule has 7 nitrogen and oxygen atoms in total. The number of carbonyl (C=O) groups is 2. The van der Waals surface area contributed by atoms with E-state index < -0.39 is 6.04 Å². The van der Waals surface area contributed by atoms with Gasteiger partial charge >= 0.3 is 5.97 Å². The van der Waals surface area contributed by atoms with Crippen LogP contribution in [0.3, 0.4) is 0 Å². The van der Waals surface area contributed by atoms with Crippen LogP contribution in [0.2, 0.25) is 0 Å². The van der Waals surface area contributed by atoms with Crippen LogP contribution in [0.4, 0.5) is 0 Å². The number of nitrogens with zero attached hydrogens (tertiary/aromatic N) is 4. The molecule has 1 aliphatic heterocycles. The predicted octanol–water partition coefficient (Wildman–Crippen LogP) is 3.47. The van der Waals surface area contributed by atoms with Crippen LogP contribution in [0.15, 0.2) is 66.9 Å². The molecule has 1 aromatic heterocycles. The van der Waals surface area contributed by atoms with Crippen molar-refractivity contribution < 1.29 is 14.3 Å². The zero-order valence-electron chi connectivity index (χ0n) is 17.6. The highest BCUT2D eigenvalue weighted by Crippen LogP contribution is 2.26. The molecule has 0 unspecified atom stereocenters. The first-order valence-electron chi connectivity index (χ1n) is 10.7. The Hall–Kier alpha value is -3.48. The predicted molar refractivity (Wildman–Crippen MR) is 115 cm³/mol. The molecular formula is C24H26N4O3. The van der Waals surface area contributed by atoms with Crippen LogP contribution in [0.1, 0.15) is 53.8 Å². The van der Waals surface area contributed by atoms with Gasteiger partial charge in [0.2, 0.25) is 0 Å². The molecule has 0 N–H and O–H groups in total. The zero-order chi connectivity index (χ0) is 21.6. The van der Waals surface area contributed by atoms with E-state index in [1.165, 1.54) is 0 Å². The minimum atomic E-state index is -0.564. The second kappa shape index (κ2) is 9.55. The van der Waals surface area contributed by atoms with E-state index in [2.05, 4.69) is 10.3 Å². The third kappa shape index (κ3) is 4.50. The Morgan fingerprint density at radius 2 is 1.68 bits per heavy atom. The van der Waals surface area contributed by atoms with Gasteiger partial charge in [0, 0.05) is 6.54 Å². The summed E-state index contributed by atoms with van der Waals surface area (Å²) in [6.45, 7) is 2.57. The molecule has 0 radical (unpaired) electrons. The van der Waals surface area contributed by atoms with E-state index in [9.17, 15) is 9.59 Å². The first-order chi connectivity index (χ1) is 15.2. The molecule has 160 valence electrons. The number of piperidine rings is 1. The first kappa shape index (κ1) is 20.8. The van der Waals surface area contributed by atoms with Crippen molar-refractivity contribution >= 4 is 11.9 Å². The maximum atomic E-state index is 13.2. The minimum absolute atomic E-state index is 0.210. The van der Waals surface area contributed by atoms with E-state index in [-0.39, 0.29) is 23.6 Å². The van der Waals surface area contributed by atoms with Crippen molar-refractivity contribution in [2.75, 3.05) is 13.2 Å². The Bertz CT molecular complexity index is 980. The SMILES string of the molecule is CCOC(=O)[C@@H]1CCCCN1C(=O)c1cn(C(c2ccccc2)c2ccccc2)nn1. The van der Waals surface area contributed by atoms with Gasteiger partial charge in [0.25, 0.3) is 5.91 Å². The lowest BCUT2D eigenvalue weighted by Gasteiger charge is -2.33. The lowest BCUT2D eigenvalue weighted by Crippen LogP contribution is -2.48. The number of hydrogen-bond acceptors (Lipinski definition) is 5. The molecule has 1 atom stereocenters. The number of benzene rings is 2. The van der Waals surface area contributed by atoms with Crippen LogP contribution < -0.4 is 0 Å². The van der Waals surface area contributed by atoms with Crippen molar-refractivity contribution in [1.29, 1.82) is 0 Å². The maximum Gasteiger partial charge on any atom is 0.328 e. The molecule has 0 aliphatic carbocycles. The van der Waals surface area contributed by atoms with Gasteiger partial charge in [-0.3, -0.25) is 4.79 Å². The van der Waals surface area contributed by atoms with E-state index in [1.807, 2.05) is 60.7 Å². The largest absolute Gasteiger partial charge is 0.464 e. The average Bonchev–Trinajstić information content (AvgIpc) is 3.30. The summed E-state index contributed by atoms with van der Waals surface area (Å²) < 4.78 is 6.89. The fraction of sp³-hybridized carbons (Fsp3) is 0.333. The highest BCUT2D eigenvalue weighted by Gasteiger charge is 2.35. The summed E-state index contributed by atoms with van der Waals surface area (Å²) in [4.78, 5) is 27.2. The van der Waals surface area contributed by atoms with Gasteiger partial charge in [-0.25, -0.2) is 9.48 Å². The van der Waals surface area contributed by atoms with Gasteiger partial charge in [0.05, 0.1) is 12.8 Å². The Morgan fingerprint density at radius 3 is 2.29 bits per heavy atom. The fourth-order valence-corrected chi connectivity index (χ4v) is 4.07. The molecule has 0 saturated carbocycles. The second-order valence-electron chi connectivity index (χ2n) is 7.57. The number of likely N-dealkylation sites (tertiary alicyclic amines) is 1. The van der Waals surface area contributed by atoms with Crippen molar-refractivity contribution in [3.63, 3.8) is 0 Å². The van der Waals surface area contributed by atoms with Crippen LogP contribution in [0.25, 0.3) is 0 Å². The Balaban J connectivity index is 1.64. The molecule has 0 spiro atoms. The van der Waals surface area contributed by atoms with E-state index in [0.717, 1.165) is 24.0 Å². The summed E-state index contributed by atoms with van der Waals surface area (Å²) in [6, 6.07) is 19.2. The third-order valence-corrected chi connectivity index (χ3v) is 5.55. The zero-order valence-corrected chi connectivity index (χ0v) is 17.6. The van der Waals surface area contributed by atoms with Crippen LogP contribution in [-0.2, 0) is 9.53 Å². The van der Waals surface area contributed by atoms with Gasteiger partial charge in [-0.2, -0.15) is 0 Å². The van der Waals surface area contributed by atoms with Crippen molar-refractivity contribution in [1.82, 2.24) is 19.9 Å². The van der Waals surface area contributed by atoms with Gasteiger partial charge in [0.1, 0.15) is 12.1 Å². The molecule has 31 heavy (non-hydrogen) atoms. The van der Waals surface area contributed by atoms with Crippen molar-refractivity contribution in [3.8, 4) is 0 Å². The summed E-state index contributed by atoms with van der Waals surface area (Å²) in [6.07, 6.45) is 4.02. The van der Waals surface area contributed by atoms with Gasteiger partial charge in [-0.15, -0.1) is 5.10 Å². The normalized spacial score (nSPS) is 16.3. The van der Waals surface area contributed by atoms with Gasteiger partial charge < -0.3 is 9.64 Å². The highest BCUT2D eigenvalue weighted by molar-refractivity contribution is 5.95. The van der Waals surface area contributed by atoms with E-state index in [0.29, 0.717) is 19.6 Å². The van der Waals surface area contributed by atoms with Crippen LogP contribution in [0, 0.1) is 0 Å². The standard InChI is InChI=1S/C24H26N4O3/c1-2-31-24(30)21-15-9-10-16-27(21)23(29)20-17-28(26-25-20)22(18-11-5-3-6-12-18)19-13-7-4-8-14-19/h3-8,11-14,17,21-22H,2,9-10,15-16H2,1H3/t21-/m0/s1. The molecule has 1 aliphatic rings. The number of ether oxygens (including phenoxy) is 1. The topological polar surface area (TPSA) is 77.3 Å². The maximum absolute atomic E-state index is 13.2. The van der Waals surface area contributed by atoms with Crippen LogP contribution in [0.5, 0.6) is 0 Å². The summed E-state index contributed by atoms with van der Waals surface area (Å²) in [5, 5.41) is 8.47. The molecular weight excluding hydrogens is 392 g/mol. The Kier molecular flexibility index (Phi) is 6.40. The summed E-state index contributed by atoms with van der Waals surface area (Å²) in [7, 11) is 0. The minimum Gasteiger partial charge on any atom is -0.464 e. The van der Waals surface area contributed by atoms with Crippen molar-refractivity contribution in [2.45, 2.75) is 38.3 Å². The smallest absolute Gasteiger partial charge is 0.328 e. The second-order valence-corrected chi connectivity index (χ2v) is 7.57. The van der Waals surface area contributed by atoms with Crippen LogP contribution >= 0.6 is 0 Å². The molecule has 4 rings (SSSR count). The average molecular weight is 418 g/mol. The monoisotopic (exact) mass is 418 g/mol. The number of amides is 1. The van der Waals surface area contributed by atoms with E-state index in [4.69, 9.17) is 4.74 Å². The molecule has 7 heteroatoms. The molecule has 1 fully saturated rings. The molecule has 1 amide bonds. The summed E-state index contributed by atoms with van der Waals surface area (Å²) >= 11 is 0. The van der Waals surface area contributed by atoms with Gasteiger partial charge in [-0.05, 0) is 37.3 Å². The quantitative estimate of drug-likeness (QED) is 0.573. The molecule has 0 bridgehead atoms. The number of aromatic nitrogens is 3. The summed E-state index contributed by atoms with van der Waals surface area (Å²) in [5.41, 5.74) is 2.31. The number of hydrogen-bond donors (Lipinski definition) is 0. The number of carbonyl (C=O) groups excluding carboxylic acids is 2. The van der Waals surface area contributed by atoms with Crippen LogP contribution in [-0.4, -0.2) is 51.0 Å². The molecule has 3 aromatic rings. The van der Waals surface area contributed by atoms with Gasteiger partial charge in [-0.1, -0.05) is 65.9 Å². The Labute approximate surface area is 181 Å². The van der Waals surface area contributed by atoms with Crippen molar-refractivity contribution in [3.05, 3.63) is 83.7 Å². The van der Waals surface area contributed by atoms with Crippen molar-refractivity contribution in [2.24, 2.45) is 0 Å². The Morgan fingerprint density at radius 1 is 1.03 bits per heavy atom. The van der Waals surface area contributed by atoms with Gasteiger partial charge in [0.15, 0.2) is 5.69 Å². The summed E-state index contributed by atoms with van der Waals surface area (Å²) in [5.74, 6) is -0.640. The number of esters is 1. The number of rotatable bonds is 6. The fourth-order valence-electron chi connectivity index (χ4n) is 4.07. The van der Waals surface area contributed by atoms with E-state index >= 15 is 0 Å². The highest BCUT2D eigenvalue weighted by atomic mass is 16.5. The molecule has 2 heterocycles. The van der Waals surface area contributed by atoms with E-state index in [1.54, 1.807) is 22.7 Å². The molecule has 2 aromatic carbocycles. The third-order valence-electron chi connectivity index (χ3n) is 5.55. The first-order valence-corrected chi connectivity index (χ1v) is 10.7. The molecule has 1 saturated heterocycles. The lowest BCUT2D eigenvalue weighted by atomic mass is 9.99. The lowest BCUT2D eigenvalue weighted by molar-refractivity contribution is -0.149.